The lowest BCUT2D eigenvalue weighted by atomic mass is 9.93. The number of allylic oxidation sites excluding steroid dienone is 2. The molecule has 33 heavy (non-hydrogen) atoms. The summed E-state index contributed by atoms with van der Waals surface area (Å²) < 4.78 is 0. The molecule has 2 aliphatic rings. The summed E-state index contributed by atoms with van der Waals surface area (Å²) in [6.07, 6.45) is 14.1. The van der Waals surface area contributed by atoms with Crippen LogP contribution in [0.4, 0.5) is 0 Å². The molecule has 0 aliphatic carbocycles. The number of aryl methyl sites for hydroxylation is 2. The zero-order valence-electron chi connectivity index (χ0n) is 19.3. The summed E-state index contributed by atoms with van der Waals surface area (Å²) in [5.74, 6) is 0.577. The van der Waals surface area contributed by atoms with Gasteiger partial charge in [0.05, 0.1) is 6.04 Å². The van der Waals surface area contributed by atoms with Crippen LogP contribution in [0.1, 0.15) is 41.6 Å². The van der Waals surface area contributed by atoms with Crippen LogP contribution in [0.5, 0.6) is 0 Å². The Morgan fingerprint density at radius 1 is 0.848 bits per heavy atom. The number of rotatable bonds is 7. The van der Waals surface area contributed by atoms with Crippen molar-refractivity contribution < 1.29 is 0 Å². The lowest BCUT2D eigenvalue weighted by Crippen LogP contribution is -2.15. The summed E-state index contributed by atoms with van der Waals surface area (Å²) in [4.78, 5) is 0. The predicted octanol–water partition coefficient (Wildman–Crippen LogP) is 6.82. The molecule has 2 heteroatoms. The van der Waals surface area contributed by atoms with Crippen molar-refractivity contribution in [2.75, 3.05) is 6.54 Å². The zero-order valence-corrected chi connectivity index (χ0v) is 19.3. The molecule has 2 nitrogen and oxygen atoms in total. The molecule has 0 bridgehead atoms. The summed E-state index contributed by atoms with van der Waals surface area (Å²) in [6, 6.07) is 27.0. The molecule has 2 atom stereocenters. The minimum atomic E-state index is 0.273. The molecular formula is C31H32N2. The van der Waals surface area contributed by atoms with E-state index >= 15 is 0 Å². The van der Waals surface area contributed by atoms with E-state index in [0.717, 1.165) is 25.8 Å². The molecule has 0 aromatic heterocycles. The number of hydrogen-bond acceptors (Lipinski definition) is 2. The highest BCUT2D eigenvalue weighted by Gasteiger charge is 2.16. The van der Waals surface area contributed by atoms with E-state index in [1.165, 1.54) is 39.1 Å². The predicted molar refractivity (Wildman–Crippen MR) is 140 cm³/mol. The van der Waals surface area contributed by atoms with Crippen molar-refractivity contribution in [3.8, 4) is 11.1 Å². The summed E-state index contributed by atoms with van der Waals surface area (Å²) in [5.41, 5.74) is 9.38. The largest absolute Gasteiger partial charge is 0.384 e. The van der Waals surface area contributed by atoms with Gasteiger partial charge in [-0.1, -0.05) is 91.9 Å². The van der Waals surface area contributed by atoms with Crippen molar-refractivity contribution in [2.45, 2.75) is 32.2 Å². The number of hydrogen-bond donors (Lipinski definition) is 2. The smallest absolute Gasteiger partial charge is 0.0695 e. The Morgan fingerprint density at radius 2 is 1.76 bits per heavy atom. The first-order valence-electron chi connectivity index (χ1n) is 12.1. The molecular weight excluding hydrogens is 400 g/mol. The van der Waals surface area contributed by atoms with Gasteiger partial charge in [-0.15, -0.1) is 0 Å². The molecule has 0 radical (unpaired) electrons. The first-order chi connectivity index (χ1) is 16.3. The van der Waals surface area contributed by atoms with Gasteiger partial charge in [0.25, 0.3) is 0 Å². The number of benzene rings is 3. The molecule has 2 aliphatic heterocycles. The van der Waals surface area contributed by atoms with Crippen molar-refractivity contribution in [3.05, 3.63) is 126 Å². The lowest BCUT2D eigenvalue weighted by Gasteiger charge is -2.17. The fourth-order valence-corrected chi connectivity index (χ4v) is 4.79. The molecule has 5 rings (SSSR count). The van der Waals surface area contributed by atoms with Crippen LogP contribution in [0.15, 0.2) is 103 Å². The summed E-state index contributed by atoms with van der Waals surface area (Å²) in [5, 5.41) is 7.06. The first-order valence-corrected chi connectivity index (χ1v) is 12.1. The van der Waals surface area contributed by atoms with Crippen LogP contribution in [-0.4, -0.2) is 6.54 Å². The summed E-state index contributed by atoms with van der Waals surface area (Å²) >= 11 is 0. The number of nitrogens with one attached hydrogen (secondary N) is 2. The van der Waals surface area contributed by atoms with Gasteiger partial charge in [-0.3, -0.25) is 0 Å². The summed E-state index contributed by atoms with van der Waals surface area (Å²) in [6.45, 7) is 3.30. The van der Waals surface area contributed by atoms with Gasteiger partial charge in [0.2, 0.25) is 0 Å². The third kappa shape index (κ3) is 5.12. The Bertz CT molecular complexity index is 1190. The zero-order chi connectivity index (χ0) is 22.5. The maximum Gasteiger partial charge on any atom is 0.0695 e. The SMILES string of the molecule is CC1C=C(c2cc(-c3ccccc3)ccc2CCCc2cccc(C3C=CC=CN3)c2)NC1. The van der Waals surface area contributed by atoms with Crippen molar-refractivity contribution in [1.82, 2.24) is 10.6 Å². The highest BCUT2D eigenvalue weighted by molar-refractivity contribution is 5.75. The van der Waals surface area contributed by atoms with Gasteiger partial charge < -0.3 is 10.6 Å². The van der Waals surface area contributed by atoms with E-state index in [1.807, 2.05) is 12.3 Å². The van der Waals surface area contributed by atoms with E-state index in [2.05, 4.69) is 109 Å². The molecule has 0 saturated heterocycles. The van der Waals surface area contributed by atoms with Crippen LogP contribution in [-0.2, 0) is 12.8 Å². The van der Waals surface area contributed by atoms with Gasteiger partial charge in [0.1, 0.15) is 0 Å². The maximum absolute atomic E-state index is 3.64. The normalized spacial score (nSPS) is 19.1. The van der Waals surface area contributed by atoms with Crippen molar-refractivity contribution >= 4 is 5.70 Å². The third-order valence-electron chi connectivity index (χ3n) is 6.58. The van der Waals surface area contributed by atoms with Crippen molar-refractivity contribution in [2.24, 2.45) is 5.92 Å². The average molecular weight is 433 g/mol. The quantitative estimate of drug-likeness (QED) is 0.428. The minimum Gasteiger partial charge on any atom is -0.384 e. The van der Waals surface area contributed by atoms with E-state index in [4.69, 9.17) is 0 Å². The fraction of sp³-hybridized carbons (Fsp3) is 0.226. The Morgan fingerprint density at radius 3 is 2.55 bits per heavy atom. The summed E-state index contributed by atoms with van der Waals surface area (Å²) in [7, 11) is 0. The first kappa shape index (κ1) is 21.3. The van der Waals surface area contributed by atoms with Crippen LogP contribution in [0.3, 0.4) is 0 Å². The number of dihydropyridines is 1. The van der Waals surface area contributed by atoms with Crippen LogP contribution in [0.2, 0.25) is 0 Å². The van der Waals surface area contributed by atoms with E-state index in [0.29, 0.717) is 5.92 Å². The maximum atomic E-state index is 3.64. The molecule has 0 amide bonds. The minimum absolute atomic E-state index is 0.273. The Kier molecular flexibility index (Phi) is 6.44. The second-order valence-electron chi connectivity index (χ2n) is 9.16. The molecule has 2 heterocycles. The van der Waals surface area contributed by atoms with Gasteiger partial charge in [0.15, 0.2) is 0 Å². The standard InChI is InChI=1S/C31H32N2/c1-23-19-31(33-22-23)29-21-27(25-11-3-2-4-12-25)17-16-26(29)13-7-9-24-10-8-14-28(20-24)30-15-5-6-18-32-30/h2-6,8,10-12,14-21,23,30,32-33H,7,9,13,22H2,1H3. The van der Waals surface area contributed by atoms with Crippen molar-refractivity contribution in [1.29, 1.82) is 0 Å². The second kappa shape index (κ2) is 9.95. The van der Waals surface area contributed by atoms with Gasteiger partial charge in [-0.2, -0.15) is 0 Å². The Hall–Kier alpha value is -3.52. The lowest BCUT2D eigenvalue weighted by molar-refractivity contribution is 0.726. The molecule has 2 N–H and O–H groups in total. The molecule has 3 aromatic rings. The van der Waals surface area contributed by atoms with Gasteiger partial charge >= 0.3 is 0 Å². The molecule has 0 spiro atoms. The topological polar surface area (TPSA) is 24.1 Å². The average Bonchev–Trinajstić information content (AvgIpc) is 3.31. The van der Waals surface area contributed by atoms with Crippen LogP contribution in [0.25, 0.3) is 16.8 Å². The fourth-order valence-electron chi connectivity index (χ4n) is 4.79. The van der Waals surface area contributed by atoms with Gasteiger partial charge in [-0.25, -0.2) is 0 Å². The molecule has 3 aromatic carbocycles. The van der Waals surface area contributed by atoms with Gasteiger partial charge in [0, 0.05) is 17.8 Å². The van der Waals surface area contributed by atoms with E-state index in [1.54, 1.807) is 0 Å². The van der Waals surface area contributed by atoms with Crippen LogP contribution >= 0.6 is 0 Å². The molecule has 0 fully saturated rings. The van der Waals surface area contributed by atoms with E-state index in [-0.39, 0.29) is 6.04 Å². The highest BCUT2D eigenvalue weighted by Crippen LogP contribution is 2.30. The van der Waals surface area contributed by atoms with Crippen LogP contribution < -0.4 is 10.6 Å². The van der Waals surface area contributed by atoms with E-state index < -0.39 is 0 Å². The molecule has 0 saturated carbocycles. The van der Waals surface area contributed by atoms with E-state index in [9.17, 15) is 0 Å². The Balaban J connectivity index is 1.32. The van der Waals surface area contributed by atoms with Gasteiger partial charge in [-0.05, 0) is 71.3 Å². The second-order valence-corrected chi connectivity index (χ2v) is 9.16. The van der Waals surface area contributed by atoms with Crippen molar-refractivity contribution in [3.63, 3.8) is 0 Å². The highest BCUT2D eigenvalue weighted by atomic mass is 14.9. The molecule has 2 unspecified atom stereocenters. The monoisotopic (exact) mass is 432 g/mol. The van der Waals surface area contributed by atoms with Crippen LogP contribution in [0, 0.1) is 5.92 Å². The molecule has 166 valence electrons. The Labute approximate surface area is 197 Å². The third-order valence-corrected chi connectivity index (χ3v) is 6.58.